The number of furan rings is 1. The number of carbonyl (C=O) groups is 1. The van der Waals surface area contributed by atoms with E-state index >= 15 is 0 Å². The van der Waals surface area contributed by atoms with Gasteiger partial charge in [0.1, 0.15) is 5.76 Å². The third-order valence-electron chi connectivity index (χ3n) is 3.16. The van der Waals surface area contributed by atoms with Gasteiger partial charge in [0, 0.05) is 17.3 Å². The van der Waals surface area contributed by atoms with Gasteiger partial charge in [-0.25, -0.2) is 0 Å². The fourth-order valence-corrected chi connectivity index (χ4v) is 2.33. The van der Waals surface area contributed by atoms with Crippen LogP contribution in [0.1, 0.15) is 29.0 Å². The zero-order valence-electron chi connectivity index (χ0n) is 10.9. The van der Waals surface area contributed by atoms with Crippen LogP contribution >= 0.6 is 22.6 Å². The second-order valence-corrected chi connectivity index (χ2v) is 5.95. The van der Waals surface area contributed by atoms with Crippen LogP contribution in [0, 0.1) is 3.77 Å². The first-order valence-electron chi connectivity index (χ1n) is 6.60. The summed E-state index contributed by atoms with van der Waals surface area (Å²) in [5.74, 6) is 0.907. The Morgan fingerprint density at radius 1 is 1.20 bits per heavy atom. The Hall–Kier alpha value is -1.50. The van der Waals surface area contributed by atoms with E-state index < -0.39 is 0 Å². The topological polar surface area (TPSA) is 54.3 Å². The van der Waals surface area contributed by atoms with E-state index in [0.717, 1.165) is 28.1 Å². The van der Waals surface area contributed by atoms with Gasteiger partial charge in [-0.15, -0.1) is 0 Å². The zero-order valence-corrected chi connectivity index (χ0v) is 13.0. The Balaban J connectivity index is 1.56. The molecular weight excluding hydrogens is 367 g/mol. The minimum atomic E-state index is 0.0136. The standard InChI is InChI=1S/C15H15IN2O2/c16-14-8-7-13(20-14)9-17-11-3-1-10(2-4-11)15(19)18-12-5-6-12/h1-4,7-8,12,17H,5-6,9H2,(H,18,19). The molecule has 1 heterocycles. The highest BCUT2D eigenvalue weighted by molar-refractivity contribution is 14.1. The van der Waals surface area contributed by atoms with Crippen molar-refractivity contribution in [2.24, 2.45) is 0 Å². The lowest BCUT2D eigenvalue weighted by atomic mass is 10.2. The Labute approximate surface area is 131 Å². The first kappa shape index (κ1) is 13.5. The van der Waals surface area contributed by atoms with Crippen LogP contribution in [0.4, 0.5) is 5.69 Å². The quantitative estimate of drug-likeness (QED) is 0.780. The summed E-state index contributed by atoms with van der Waals surface area (Å²) in [5.41, 5.74) is 1.68. The van der Waals surface area contributed by atoms with Crippen LogP contribution in [0.25, 0.3) is 0 Å². The summed E-state index contributed by atoms with van der Waals surface area (Å²) < 4.78 is 6.36. The number of halogens is 1. The van der Waals surface area contributed by atoms with E-state index in [1.807, 2.05) is 36.4 Å². The summed E-state index contributed by atoms with van der Waals surface area (Å²) >= 11 is 2.14. The van der Waals surface area contributed by atoms with Gasteiger partial charge in [0.2, 0.25) is 0 Å². The average molecular weight is 382 g/mol. The van der Waals surface area contributed by atoms with Crippen molar-refractivity contribution in [2.45, 2.75) is 25.4 Å². The SMILES string of the molecule is O=C(NC1CC1)c1ccc(NCc2ccc(I)o2)cc1. The molecule has 0 saturated heterocycles. The van der Waals surface area contributed by atoms with Gasteiger partial charge >= 0.3 is 0 Å². The molecule has 0 aliphatic heterocycles. The lowest BCUT2D eigenvalue weighted by Crippen LogP contribution is -2.25. The molecule has 1 aromatic heterocycles. The number of carbonyl (C=O) groups excluding carboxylic acids is 1. The van der Waals surface area contributed by atoms with Crippen molar-refractivity contribution < 1.29 is 9.21 Å². The normalized spacial score (nSPS) is 14.1. The molecular formula is C15H15IN2O2. The highest BCUT2D eigenvalue weighted by atomic mass is 127. The fraction of sp³-hybridized carbons (Fsp3) is 0.267. The van der Waals surface area contributed by atoms with E-state index in [9.17, 15) is 4.79 Å². The molecule has 1 fully saturated rings. The summed E-state index contributed by atoms with van der Waals surface area (Å²) in [6.45, 7) is 0.636. The first-order valence-corrected chi connectivity index (χ1v) is 7.67. The van der Waals surface area contributed by atoms with Crippen molar-refractivity contribution >= 4 is 34.2 Å². The van der Waals surface area contributed by atoms with Crippen molar-refractivity contribution in [3.8, 4) is 0 Å². The Morgan fingerprint density at radius 2 is 1.95 bits per heavy atom. The third-order valence-corrected chi connectivity index (χ3v) is 3.74. The lowest BCUT2D eigenvalue weighted by molar-refractivity contribution is 0.0951. The molecule has 1 aromatic carbocycles. The smallest absolute Gasteiger partial charge is 0.251 e. The number of amides is 1. The van der Waals surface area contributed by atoms with Crippen molar-refractivity contribution in [3.63, 3.8) is 0 Å². The van der Waals surface area contributed by atoms with Gasteiger partial charge < -0.3 is 15.1 Å². The number of hydrogen-bond acceptors (Lipinski definition) is 3. The molecule has 0 bridgehead atoms. The van der Waals surface area contributed by atoms with Gasteiger partial charge in [0.05, 0.1) is 6.54 Å². The van der Waals surface area contributed by atoms with E-state index in [1.165, 1.54) is 0 Å². The maximum Gasteiger partial charge on any atom is 0.251 e. The van der Waals surface area contributed by atoms with E-state index in [1.54, 1.807) is 0 Å². The van der Waals surface area contributed by atoms with E-state index in [-0.39, 0.29) is 5.91 Å². The van der Waals surface area contributed by atoms with Gasteiger partial charge in [0.25, 0.3) is 5.91 Å². The van der Waals surface area contributed by atoms with Gasteiger partial charge in [0.15, 0.2) is 3.77 Å². The van der Waals surface area contributed by atoms with E-state index in [4.69, 9.17) is 4.42 Å². The molecule has 1 saturated carbocycles. The number of rotatable bonds is 5. The van der Waals surface area contributed by atoms with Gasteiger partial charge in [-0.1, -0.05) is 0 Å². The minimum absolute atomic E-state index is 0.0136. The molecule has 0 atom stereocenters. The molecule has 3 rings (SSSR count). The van der Waals surface area contributed by atoms with Gasteiger partial charge in [-0.3, -0.25) is 4.79 Å². The van der Waals surface area contributed by atoms with Crippen molar-refractivity contribution in [2.75, 3.05) is 5.32 Å². The second-order valence-electron chi connectivity index (χ2n) is 4.88. The van der Waals surface area contributed by atoms with Crippen LogP contribution < -0.4 is 10.6 Å². The molecule has 2 aromatic rings. The third kappa shape index (κ3) is 3.53. The van der Waals surface area contributed by atoms with Crippen LogP contribution in [0.2, 0.25) is 0 Å². The van der Waals surface area contributed by atoms with Gasteiger partial charge in [-0.05, 0) is 71.8 Å². The molecule has 1 amide bonds. The minimum Gasteiger partial charge on any atom is -0.454 e. The van der Waals surface area contributed by atoms with Crippen molar-refractivity contribution in [3.05, 3.63) is 51.5 Å². The molecule has 2 N–H and O–H groups in total. The monoisotopic (exact) mass is 382 g/mol. The molecule has 20 heavy (non-hydrogen) atoms. The maximum atomic E-state index is 11.8. The van der Waals surface area contributed by atoms with Crippen LogP contribution in [0.15, 0.2) is 40.8 Å². The summed E-state index contributed by atoms with van der Waals surface area (Å²) in [6, 6.07) is 11.8. The fourth-order valence-electron chi connectivity index (χ4n) is 1.87. The van der Waals surface area contributed by atoms with Gasteiger partial charge in [-0.2, -0.15) is 0 Å². The summed E-state index contributed by atoms with van der Waals surface area (Å²) in [7, 11) is 0. The van der Waals surface area contributed by atoms with E-state index in [0.29, 0.717) is 18.2 Å². The molecule has 0 unspecified atom stereocenters. The largest absolute Gasteiger partial charge is 0.454 e. The molecule has 4 nitrogen and oxygen atoms in total. The number of hydrogen-bond donors (Lipinski definition) is 2. The van der Waals surface area contributed by atoms with Crippen LogP contribution in [-0.4, -0.2) is 11.9 Å². The molecule has 0 radical (unpaired) electrons. The maximum absolute atomic E-state index is 11.8. The number of anilines is 1. The Morgan fingerprint density at radius 3 is 2.55 bits per heavy atom. The lowest BCUT2D eigenvalue weighted by Gasteiger charge is -2.06. The van der Waals surface area contributed by atoms with Crippen molar-refractivity contribution in [1.29, 1.82) is 0 Å². The van der Waals surface area contributed by atoms with Crippen molar-refractivity contribution in [1.82, 2.24) is 5.32 Å². The average Bonchev–Trinajstić information content (AvgIpc) is 3.17. The molecule has 1 aliphatic rings. The van der Waals surface area contributed by atoms with E-state index in [2.05, 4.69) is 33.2 Å². The predicted octanol–water partition coefficient (Wildman–Crippen LogP) is 3.39. The highest BCUT2D eigenvalue weighted by Gasteiger charge is 2.23. The Kier molecular flexibility index (Phi) is 3.95. The Bertz CT molecular complexity index is 603. The molecule has 0 spiro atoms. The molecule has 5 heteroatoms. The number of nitrogens with one attached hydrogen (secondary N) is 2. The molecule has 104 valence electrons. The van der Waals surface area contributed by atoms with Crippen LogP contribution in [-0.2, 0) is 6.54 Å². The van der Waals surface area contributed by atoms with Crippen LogP contribution in [0.3, 0.4) is 0 Å². The second kappa shape index (κ2) is 5.87. The summed E-state index contributed by atoms with van der Waals surface area (Å²) in [4.78, 5) is 11.8. The summed E-state index contributed by atoms with van der Waals surface area (Å²) in [5, 5.41) is 6.24. The summed E-state index contributed by atoms with van der Waals surface area (Å²) in [6.07, 6.45) is 2.21. The van der Waals surface area contributed by atoms with Crippen LogP contribution in [0.5, 0.6) is 0 Å². The first-order chi connectivity index (χ1) is 9.70. The number of benzene rings is 1. The predicted molar refractivity (Wildman–Crippen MR) is 85.7 cm³/mol. The highest BCUT2D eigenvalue weighted by Crippen LogP contribution is 2.20. The zero-order chi connectivity index (χ0) is 13.9. The molecule has 1 aliphatic carbocycles.